The van der Waals surface area contributed by atoms with Gasteiger partial charge in [0.2, 0.25) is 0 Å². The number of nitrogens with one attached hydrogen (secondary N) is 1. The first-order valence-corrected chi connectivity index (χ1v) is 7.93. The van der Waals surface area contributed by atoms with E-state index in [1.54, 1.807) is 0 Å². The smallest absolute Gasteiger partial charge is 0.198 e. The fourth-order valence-electron chi connectivity index (χ4n) is 3.30. The minimum atomic E-state index is 0.611. The monoisotopic (exact) mass is 286 g/mol. The van der Waals surface area contributed by atoms with Crippen LogP contribution in [0, 0.1) is 5.92 Å². The van der Waals surface area contributed by atoms with Gasteiger partial charge in [-0.1, -0.05) is 18.2 Å². The van der Waals surface area contributed by atoms with E-state index in [9.17, 15) is 0 Å². The molecule has 1 N–H and O–H groups in total. The molecule has 0 radical (unpaired) electrons. The maximum atomic E-state index is 4.49. The van der Waals surface area contributed by atoms with Gasteiger partial charge in [0, 0.05) is 31.9 Å². The molecule has 2 aliphatic rings. The first kappa shape index (κ1) is 14.4. The van der Waals surface area contributed by atoms with Crippen molar-refractivity contribution in [1.82, 2.24) is 10.2 Å². The second-order valence-corrected chi connectivity index (χ2v) is 6.33. The van der Waals surface area contributed by atoms with E-state index in [0.717, 1.165) is 31.4 Å². The Balaban J connectivity index is 1.66. The number of nitrogens with zero attached hydrogens (tertiary/aromatic N) is 3. The Hall–Kier alpha value is -1.55. The molecule has 1 aliphatic heterocycles. The molecule has 0 saturated heterocycles. The highest BCUT2D eigenvalue weighted by atomic mass is 15.3. The Bertz CT molecular complexity index is 517. The standard InChI is InChI=1S/C17H26N4/c1-18-17(19-12-16(20(2)3)14-8-9-14)21-11-10-13-6-4-5-7-15(13)21/h4-7,14,16H,8-12H2,1-3H3,(H,18,19). The molecule has 0 bridgehead atoms. The maximum absolute atomic E-state index is 4.49. The summed E-state index contributed by atoms with van der Waals surface area (Å²) in [5, 5.41) is 3.59. The second-order valence-electron chi connectivity index (χ2n) is 6.33. The summed E-state index contributed by atoms with van der Waals surface area (Å²) >= 11 is 0. The lowest BCUT2D eigenvalue weighted by molar-refractivity contribution is 0.264. The Morgan fingerprint density at radius 1 is 1.38 bits per heavy atom. The van der Waals surface area contributed by atoms with Gasteiger partial charge in [-0.25, -0.2) is 0 Å². The van der Waals surface area contributed by atoms with Crippen molar-refractivity contribution in [3.8, 4) is 0 Å². The van der Waals surface area contributed by atoms with Crippen molar-refractivity contribution in [1.29, 1.82) is 0 Å². The van der Waals surface area contributed by atoms with E-state index in [2.05, 4.69) is 58.5 Å². The van der Waals surface area contributed by atoms with Crippen molar-refractivity contribution in [3.05, 3.63) is 29.8 Å². The lowest BCUT2D eigenvalue weighted by Gasteiger charge is -2.28. The lowest BCUT2D eigenvalue weighted by atomic mass is 10.1. The molecule has 3 rings (SSSR count). The van der Waals surface area contributed by atoms with Crippen molar-refractivity contribution in [2.45, 2.75) is 25.3 Å². The van der Waals surface area contributed by atoms with Crippen LogP contribution in [0.2, 0.25) is 0 Å². The highest BCUT2D eigenvalue weighted by Gasteiger charge is 2.33. The van der Waals surface area contributed by atoms with E-state index in [0.29, 0.717) is 6.04 Å². The number of hydrogen-bond donors (Lipinski definition) is 1. The molecule has 0 spiro atoms. The van der Waals surface area contributed by atoms with E-state index in [-0.39, 0.29) is 0 Å². The summed E-state index contributed by atoms with van der Waals surface area (Å²) in [7, 11) is 6.24. The van der Waals surface area contributed by atoms with Crippen LogP contribution in [0.3, 0.4) is 0 Å². The molecule has 4 heteroatoms. The zero-order chi connectivity index (χ0) is 14.8. The molecule has 1 aromatic carbocycles. The van der Waals surface area contributed by atoms with E-state index >= 15 is 0 Å². The third-order valence-corrected chi connectivity index (χ3v) is 4.65. The minimum Gasteiger partial charge on any atom is -0.354 e. The molecule has 1 fully saturated rings. The van der Waals surface area contributed by atoms with Gasteiger partial charge in [0.15, 0.2) is 5.96 Å². The minimum absolute atomic E-state index is 0.611. The van der Waals surface area contributed by atoms with E-state index in [4.69, 9.17) is 0 Å². The van der Waals surface area contributed by atoms with Crippen LogP contribution in [0.5, 0.6) is 0 Å². The van der Waals surface area contributed by atoms with Gasteiger partial charge in [-0.05, 0) is 50.9 Å². The summed E-state index contributed by atoms with van der Waals surface area (Å²) in [6.07, 6.45) is 3.85. The summed E-state index contributed by atoms with van der Waals surface area (Å²) in [6.45, 7) is 2.00. The lowest BCUT2D eigenvalue weighted by Crippen LogP contribution is -2.47. The predicted octanol–water partition coefficient (Wildman–Crippen LogP) is 1.96. The Labute approximate surface area is 127 Å². The van der Waals surface area contributed by atoms with Crippen LogP contribution in [0.1, 0.15) is 18.4 Å². The quantitative estimate of drug-likeness (QED) is 0.678. The van der Waals surface area contributed by atoms with Gasteiger partial charge < -0.3 is 15.1 Å². The van der Waals surface area contributed by atoms with Crippen LogP contribution >= 0.6 is 0 Å². The van der Waals surface area contributed by atoms with Gasteiger partial charge in [0.25, 0.3) is 0 Å². The van der Waals surface area contributed by atoms with Crippen LogP contribution in [0.4, 0.5) is 5.69 Å². The number of para-hydroxylation sites is 1. The Morgan fingerprint density at radius 2 is 2.14 bits per heavy atom. The number of benzene rings is 1. The zero-order valence-corrected chi connectivity index (χ0v) is 13.3. The molecular formula is C17H26N4. The summed E-state index contributed by atoms with van der Waals surface area (Å²) < 4.78 is 0. The van der Waals surface area contributed by atoms with Gasteiger partial charge in [-0.3, -0.25) is 4.99 Å². The van der Waals surface area contributed by atoms with Crippen molar-refractivity contribution >= 4 is 11.6 Å². The van der Waals surface area contributed by atoms with E-state index < -0.39 is 0 Å². The molecule has 1 aliphatic carbocycles. The fourth-order valence-corrected chi connectivity index (χ4v) is 3.30. The summed E-state index contributed by atoms with van der Waals surface area (Å²) in [4.78, 5) is 9.15. The summed E-state index contributed by atoms with van der Waals surface area (Å²) in [5.74, 6) is 1.86. The highest BCUT2D eigenvalue weighted by Crippen LogP contribution is 2.34. The number of anilines is 1. The van der Waals surface area contributed by atoms with Gasteiger partial charge in [-0.2, -0.15) is 0 Å². The molecule has 1 unspecified atom stereocenters. The third-order valence-electron chi connectivity index (χ3n) is 4.65. The van der Waals surface area contributed by atoms with E-state index in [1.165, 1.54) is 24.1 Å². The van der Waals surface area contributed by atoms with Crippen LogP contribution in [-0.4, -0.2) is 51.1 Å². The average molecular weight is 286 g/mol. The molecule has 1 heterocycles. The third kappa shape index (κ3) is 3.05. The number of hydrogen-bond acceptors (Lipinski definition) is 2. The first-order chi connectivity index (χ1) is 10.2. The predicted molar refractivity (Wildman–Crippen MR) is 89.1 cm³/mol. The van der Waals surface area contributed by atoms with Crippen LogP contribution in [0.15, 0.2) is 29.3 Å². The molecule has 1 aromatic rings. The molecule has 0 amide bonds. The highest BCUT2D eigenvalue weighted by molar-refractivity contribution is 5.97. The first-order valence-electron chi connectivity index (χ1n) is 7.93. The SMILES string of the molecule is CN=C(NCC(C1CC1)N(C)C)N1CCc2ccccc21. The van der Waals surface area contributed by atoms with Crippen molar-refractivity contribution in [3.63, 3.8) is 0 Å². The normalized spacial score (nSPS) is 19.8. The second kappa shape index (κ2) is 6.06. The molecule has 21 heavy (non-hydrogen) atoms. The van der Waals surface area contributed by atoms with Gasteiger partial charge in [-0.15, -0.1) is 0 Å². The fraction of sp³-hybridized carbons (Fsp3) is 0.588. The van der Waals surface area contributed by atoms with Crippen molar-refractivity contribution in [2.75, 3.05) is 39.1 Å². The largest absolute Gasteiger partial charge is 0.354 e. The molecule has 1 atom stereocenters. The van der Waals surface area contributed by atoms with E-state index in [1.807, 2.05) is 7.05 Å². The van der Waals surface area contributed by atoms with Crippen LogP contribution < -0.4 is 10.2 Å². The van der Waals surface area contributed by atoms with Crippen LogP contribution in [0.25, 0.3) is 0 Å². The summed E-state index contributed by atoms with van der Waals surface area (Å²) in [5.41, 5.74) is 2.73. The molecule has 0 aromatic heterocycles. The maximum Gasteiger partial charge on any atom is 0.198 e. The summed E-state index contributed by atoms with van der Waals surface area (Å²) in [6, 6.07) is 9.25. The average Bonchev–Trinajstić information content (AvgIpc) is 3.23. The Kier molecular flexibility index (Phi) is 4.15. The number of fused-ring (bicyclic) bond motifs is 1. The molecule has 114 valence electrons. The van der Waals surface area contributed by atoms with Crippen LogP contribution in [-0.2, 0) is 6.42 Å². The van der Waals surface area contributed by atoms with Gasteiger partial charge in [0.1, 0.15) is 0 Å². The Morgan fingerprint density at radius 3 is 2.81 bits per heavy atom. The van der Waals surface area contributed by atoms with Crippen molar-refractivity contribution < 1.29 is 0 Å². The molecule has 1 saturated carbocycles. The molecule has 4 nitrogen and oxygen atoms in total. The topological polar surface area (TPSA) is 30.9 Å². The van der Waals surface area contributed by atoms with Gasteiger partial charge in [0.05, 0.1) is 0 Å². The molecular weight excluding hydrogens is 260 g/mol. The van der Waals surface area contributed by atoms with Crippen molar-refractivity contribution in [2.24, 2.45) is 10.9 Å². The zero-order valence-electron chi connectivity index (χ0n) is 13.3. The number of guanidine groups is 1. The number of aliphatic imine (C=N–C) groups is 1. The van der Waals surface area contributed by atoms with Gasteiger partial charge >= 0.3 is 0 Å². The number of likely N-dealkylation sites (N-methyl/N-ethyl adjacent to an activating group) is 1. The number of rotatable bonds is 4.